The average molecular weight is 467 g/mol. The Balaban J connectivity index is 1.67. The second-order valence-electron chi connectivity index (χ2n) is 8.48. The minimum absolute atomic E-state index is 0.143. The smallest absolute Gasteiger partial charge is 0.355 e. The highest BCUT2D eigenvalue weighted by Gasteiger charge is 2.35. The number of nitrogens with one attached hydrogen (secondary N) is 2. The molecule has 1 aliphatic rings. The molecule has 8 heteroatoms. The Morgan fingerprint density at radius 1 is 1.06 bits per heavy atom. The van der Waals surface area contributed by atoms with Crippen LogP contribution in [0.5, 0.6) is 0 Å². The molecule has 0 saturated carbocycles. The van der Waals surface area contributed by atoms with Crippen molar-refractivity contribution in [1.82, 2.24) is 10.2 Å². The predicted molar refractivity (Wildman–Crippen MR) is 129 cm³/mol. The van der Waals surface area contributed by atoms with Gasteiger partial charge in [-0.05, 0) is 72.7 Å². The first-order chi connectivity index (χ1) is 16.1. The monoisotopic (exact) mass is 466 g/mol. The number of carbonyl (C=O) groups excluding carboxylic acids is 1. The first-order valence-electron chi connectivity index (χ1n) is 10.8. The summed E-state index contributed by atoms with van der Waals surface area (Å²) < 4.78 is 42.0. The molecule has 34 heavy (non-hydrogen) atoms. The van der Waals surface area contributed by atoms with Gasteiger partial charge in [0.2, 0.25) is 0 Å². The van der Waals surface area contributed by atoms with Crippen molar-refractivity contribution < 1.29 is 18.0 Å². The first kappa shape index (κ1) is 23.5. The van der Waals surface area contributed by atoms with E-state index in [1.807, 2.05) is 25.1 Å². The Bertz CT molecular complexity index is 1270. The lowest BCUT2D eigenvalue weighted by molar-refractivity contribution is -0.137. The lowest BCUT2D eigenvalue weighted by Crippen LogP contribution is -2.18. The Morgan fingerprint density at radius 3 is 2.53 bits per heavy atom. The third kappa shape index (κ3) is 5.12. The fraction of sp³-hybridized carbons (Fsp3) is 0.231. The molecule has 1 aliphatic heterocycles. The van der Waals surface area contributed by atoms with Crippen molar-refractivity contribution >= 4 is 23.1 Å². The molecule has 1 amide bonds. The lowest BCUT2D eigenvalue weighted by Gasteiger charge is -2.16. The van der Waals surface area contributed by atoms with Crippen LogP contribution < -0.4 is 10.6 Å². The van der Waals surface area contributed by atoms with Crippen molar-refractivity contribution in [2.75, 3.05) is 26.5 Å². The number of nitrogens with zero attached hydrogens (tertiary/aromatic N) is 2. The molecular weight excluding hydrogens is 441 g/mol. The van der Waals surface area contributed by atoms with Gasteiger partial charge in [0.05, 0.1) is 11.3 Å². The summed E-state index contributed by atoms with van der Waals surface area (Å²) in [5.41, 5.74) is 3.02. The minimum atomic E-state index is -4.52. The Kier molecular flexibility index (Phi) is 6.43. The molecule has 0 bridgehead atoms. The van der Waals surface area contributed by atoms with Crippen LogP contribution in [0.3, 0.4) is 0 Å². The van der Waals surface area contributed by atoms with Crippen LogP contribution in [0.1, 0.15) is 27.0 Å². The Labute approximate surface area is 196 Å². The number of benzene rings is 3. The quantitative estimate of drug-likeness (QED) is 0.523. The highest BCUT2D eigenvalue weighted by atomic mass is 19.4. The largest absolute Gasteiger partial charge is 0.417 e. The van der Waals surface area contributed by atoms with E-state index in [2.05, 4.69) is 15.6 Å². The summed E-state index contributed by atoms with van der Waals surface area (Å²) in [5, 5.41) is 5.70. The maximum absolute atomic E-state index is 14.0. The van der Waals surface area contributed by atoms with Crippen LogP contribution >= 0.6 is 0 Å². The number of carbonyl (C=O) groups is 1. The molecule has 176 valence electrons. The van der Waals surface area contributed by atoms with E-state index in [0.717, 1.165) is 11.6 Å². The molecule has 0 aliphatic carbocycles. The molecule has 4 rings (SSSR count). The van der Waals surface area contributed by atoms with Crippen molar-refractivity contribution in [3.63, 3.8) is 0 Å². The van der Waals surface area contributed by atoms with Crippen LogP contribution in [-0.2, 0) is 19.1 Å². The number of amides is 1. The fourth-order valence-corrected chi connectivity index (χ4v) is 4.04. The number of rotatable bonds is 5. The number of hydrogen-bond donors (Lipinski definition) is 2. The van der Waals surface area contributed by atoms with Gasteiger partial charge in [0, 0.05) is 31.3 Å². The summed E-state index contributed by atoms with van der Waals surface area (Å²) in [4.78, 5) is 18.3. The van der Waals surface area contributed by atoms with Crippen LogP contribution in [-0.4, -0.2) is 37.8 Å². The molecular formula is C26H25F3N4O. The van der Waals surface area contributed by atoms with E-state index in [0.29, 0.717) is 46.9 Å². The zero-order chi connectivity index (χ0) is 24.5. The molecule has 2 N–H and O–H groups in total. The summed E-state index contributed by atoms with van der Waals surface area (Å²) >= 11 is 0. The van der Waals surface area contributed by atoms with Gasteiger partial charge in [-0.25, -0.2) is 4.99 Å². The zero-order valence-electron chi connectivity index (χ0n) is 19.1. The number of alkyl halides is 3. The second kappa shape index (κ2) is 9.30. The van der Waals surface area contributed by atoms with E-state index >= 15 is 0 Å². The van der Waals surface area contributed by atoms with Crippen molar-refractivity contribution in [3.8, 4) is 11.1 Å². The van der Waals surface area contributed by atoms with Gasteiger partial charge < -0.3 is 15.5 Å². The van der Waals surface area contributed by atoms with E-state index in [1.54, 1.807) is 55.6 Å². The van der Waals surface area contributed by atoms with Gasteiger partial charge in [-0.1, -0.05) is 24.3 Å². The molecule has 5 nitrogen and oxygen atoms in total. The molecule has 1 heterocycles. The average Bonchev–Trinajstić information content (AvgIpc) is 3.18. The second-order valence-corrected chi connectivity index (χ2v) is 8.48. The normalized spacial score (nSPS) is 13.0. The summed E-state index contributed by atoms with van der Waals surface area (Å²) in [6.45, 7) is 0.631. The van der Waals surface area contributed by atoms with E-state index in [-0.39, 0.29) is 11.5 Å². The van der Waals surface area contributed by atoms with Crippen LogP contribution in [0.4, 0.5) is 24.5 Å². The molecule has 3 aromatic carbocycles. The van der Waals surface area contributed by atoms with Gasteiger partial charge in [-0.2, -0.15) is 13.2 Å². The molecule has 0 atom stereocenters. The number of fused-ring (bicyclic) bond motifs is 1. The maximum atomic E-state index is 14.0. The van der Waals surface area contributed by atoms with Crippen molar-refractivity contribution in [3.05, 3.63) is 82.9 Å². The number of amidine groups is 1. The number of halogens is 3. The van der Waals surface area contributed by atoms with Crippen molar-refractivity contribution in [2.45, 2.75) is 19.1 Å². The van der Waals surface area contributed by atoms with Crippen LogP contribution in [0.2, 0.25) is 0 Å². The topological polar surface area (TPSA) is 56.7 Å². The molecule has 0 fully saturated rings. The van der Waals surface area contributed by atoms with E-state index in [4.69, 9.17) is 0 Å². The fourth-order valence-electron chi connectivity index (χ4n) is 4.04. The summed E-state index contributed by atoms with van der Waals surface area (Å²) in [6.07, 6.45) is -4.16. The number of hydrogen-bond acceptors (Lipinski definition) is 4. The predicted octanol–water partition coefficient (Wildman–Crippen LogP) is 5.49. The summed E-state index contributed by atoms with van der Waals surface area (Å²) in [7, 11) is 5.38. The third-order valence-corrected chi connectivity index (χ3v) is 5.51. The standard InChI is InChI=1S/C26H25F3N4O/c1-30-25(34)18-8-5-9-20(11-18)31-24-13-19-12-21(22(26(27,28)29)14-23(19)32-24)17-7-4-6-16(10-17)15-33(2)3/h4-12,14H,13,15H2,1-3H3,(H,30,34)(H,31,32). The molecule has 0 unspecified atom stereocenters. The van der Waals surface area contributed by atoms with E-state index < -0.39 is 11.7 Å². The van der Waals surface area contributed by atoms with Gasteiger partial charge >= 0.3 is 6.18 Å². The molecule has 0 saturated heterocycles. The van der Waals surface area contributed by atoms with Crippen LogP contribution in [0.15, 0.2) is 65.7 Å². The SMILES string of the molecule is CNC(=O)c1cccc(NC2=Nc3cc(C(F)(F)F)c(-c4cccc(CN(C)C)c4)cc3C2)c1. The molecule has 0 radical (unpaired) electrons. The molecule has 3 aromatic rings. The van der Waals surface area contributed by atoms with Gasteiger partial charge in [-0.3, -0.25) is 4.79 Å². The van der Waals surface area contributed by atoms with Crippen LogP contribution in [0, 0.1) is 0 Å². The summed E-state index contributed by atoms with van der Waals surface area (Å²) in [6, 6.07) is 16.8. The van der Waals surface area contributed by atoms with Gasteiger partial charge in [-0.15, -0.1) is 0 Å². The molecule has 0 spiro atoms. The van der Waals surface area contributed by atoms with Crippen molar-refractivity contribution in [2.24, 2.45) is 4.99 Å². The number of anilines is 1. The van der Waals surface area contributed by atoms with E-state index in [1.165, 1.54) is 0 Å². The highest BCUT2D eigenvalue weighted by Crippen LogP contribution is 2.42. The zero-order valence-corrected chi connectivity index (χ0v) is 19.1. The third-order valence-electron chi connectivity index (χ3n) is 5.51. The van der Waals surface area contributed by atoms with Gasteiger partial charge in [0.1, 0.15) is 5.84 Å². The van der Waals surface area contributed by atoms with E-state index in [9.17, 15) is 18.0 Å². The van der Waals surface area contributed by atoms with Gasteiger partial charge in [0.15, 0.2) is 0 Å². The lowest BCUT2D eigenvalue weighted by atomic mass is 9.94. The van der Waals surface area contributed by atoms with Crippen LogP contribution in [0.25, 0.3) is 11.1 Å². The Hall–Kier alpha value is -3.65. The Morgan fingerprint density at radius 2 is 1.82 bits per heavy atom. The first-order valence-corrected chi connectivity index (χ1v) is 10.8. The minimum Gasteiger partial charge on any atom is -0.355 e. The van der Waals surface area contributed by atoms with Gasteiger partial charge in [0.25, 0.3) is 5.91 Å². The van der Waals surface area contributed by atoms with Crippen molar-refractivity contribution in [1.29, 1.82) is 0 Å². The highest BCUT2D eigenvalue weighted by molar-refractivity contribution is 6.03. The maximum Gasteiger partial charge on any atom is 0.417 e. The number of aliphatic imine (C=N–C) groups is 1. The summed E-state index contributed by atoms with van der Waals surface area (Å²) in [5.74, 6) is 0.298. The molecule has 0 aromatic heterocycles.